The fourth-order valence-corrected chi connectivity index (χ4v) is 0.523. The maximum absolute atomic E-state index is 6.37. The van der Waals surface area contributed by atoms with E-state index in [9.17, 15) is 0 Å². The Morgan fingerprint density at radius 1 is 1.60 bits per heavy atom. The minimum Gasteiger partial charge on any atom is -0.387 e. The Bertz CT molecular complexity index is 118. The second-order valence-corrected chi connectivity index (χ2v) is 2.19. The van der Waals surface area contributed by atoms with Gasteiger partial charge in [-0.15, -0.1) is 0 Å². The van der Waals surface area contributed by atoms with Crippen LogP contribution in [0.25, 0.3) is 0 Å². The molecule has 0 aromatic heterocycles. The van der Waals surface area contributed by atoms with Gasteiger partial charge in [-0.1, -0.05) is 0 Å². The minimum absolute atomic E-state index is 0.560. The Morgan fingerprint density at radius 3 is 2.80 bits per heavy atom. The predicted molar refractivity (Wildman–Crippen MR) is 39.3 cm³/mol. The van der Waals surface area contributed by atoms with Crippen LogP contribution in [0.1, 0.15) is 6.42 Å². The number of hydrogen-bond donors (Lipinski definition) is 1. The van der Waals surface area contributed by atoms with Gasteiger partial charge >= 0.3 is 0 Å². The molecule has 0 fully saturated rings. The first-order chi connectivity index (χ1) is 4.77. The van der Waals surface area contributed by atoms with E-state index in [2.05, 4.69) is 14.9 Å². The summed E-state index contributed by atoms with van der Waals surface area (Å²) in [4.78, 5) is 6.70. The van der Waals surface area contributed by atoms with Crippen molar-refractivity contribution in [2.24, 2.45) is 5.16 Å². The zero-order chi connectivity index (χ0) is 7.82. The van der Waals surface area contributed by atoms with Crippen LogP contribution in [0.4, 0.5) is 0 Å². The SMILES string of the molecule is CN(C)CCCON=C=N. The molecule has 0 aliphatic heterocycles. The number of hydrogen-bond acceptors (Lipinski definition) is 4. The van der Waals surface area contributed by atoms with E-state index in [0.717, 1.165) is 13.0 Å². The summed E-state index contributed by atoms with van der Waals surface area (Å²) in [5, 5.41) is 9.54. The summed E-state index contributed by atoms with van der Waals surface area (Å²) in [5.41, 5.74) is 0. The number of nitrogens with one attached hydrogen (secondary N) is 1. The molecule has 1 N–H and O–H groups in total. The highest BCUT2D eigenvalue weighted by atomic mass is 16.6. The van der Waals surface area contributed by atoms with Crippen molar-refractivity contribution in [1.82, 2.24) is 4.90 Å². The van der Waals surface area contributed by atoms with Crippen LogP contribution in [0, 0.1) is 5.41 Å². The van der Waals surface area contributed by atoms with Gasteiger partial charge in [0.15, 0.2) is 0 Å². The van der Waals surface area contributed by atoms with Crippen LogP contribution in [0.15, 0.2) is 5.16 Å². The molecule has 0 spiro atoms. The molecule has 4 heteroatoms. The Balaban J connectivity index is 2.98. The number of rotatable bonds is 5. The normalized spacial score (nSPS) is 9.10. The third-order valence-corrected chi connectivity index (χ3v) is 0.951. The second-order valence-electron chi connectivity index (χ2n) is 2.19. The Labute approximate surface area is 61.0 Å². The molecular formula is C6H13N3O. The molecular weight excluding hydrogens is 130 g/mol. The van der Waals surface area contributed by atoms with Crippen LogP contribution < -0.4 is 0 Å². The summed E-state index contributed by atoms with van der Waals surface area (Å²) < 4.78 is 0. The Kier molecular flexibility index (Phi) is 5.72. The molecule has 0 aromatic carbocycles. The highest BCUT2D eigenvalue weighted by Gasteiger charge is 1.88. The van der Waals surface area contributed by atoms with E-state index in [1.54, 1.807) is 6.01 Å². The molecule has 0 aliphatic carbocycles. The van der Waals surface area contributed by atoms with Gasteiger partial charge in [0.2, 0.25) is 0 Å². The summed E-state index contributed by atoms with van der Waals surface area (Å²) in [5.74, 6) is 0. The third-order valence-electron chi connectivity index (χ3n) is 0.951. The van der Waals surface area contributed by atoms with Gasteiger partial charge in [0, 0.05) is 6.54 Å². The van der Waals surface area contributed by atoms with Crippen LogP contribution in [-0.2, 0) is 4.84 Å². The average Bonchev–Trinajstić information content (AvgIpc) is 1.87. The van der Waals surface area contributed by atoms with Crippen LogP contribution in [0.5, 0.6) is 0 Å². The molecule has 0 radical (unpaired) electrons. The van der Waals surface area contributed by atoms with Crippen molar-refractivity contribution in [2.45, 2.75) is 6.42 Å². The van der Waals surface area contributed by atoms with Crippen molar-refractivity contribution in [3.63, 3.8) is 0 Å². The monoisotopic (exact) mass is 143 g/mol. The topological polar surface area (TPSA) is 48.7 Å². The summed E-state index contributed by atoms with van der Waals surface area (Å²) in [6.45, 7) is 1.54. The van der Waals surface area contributed by atoms with Crippen molar-refractivity contribution >= 4 is 6.01 Å². The fraction of sp³-hybridized carbons (Fsp3) is 0.833. The fourth-order valence-electron chi connectivity index (χ4n) is 0.523. The molecule has 0 unspecified atom stereocenters. The summed E-state index contributed by atoms with van der Waals surface area (Å²) >= 11 is 0. The van der Waals surface area contributed by atoms with Crippen LogP contribution in [0.2, 0.25) is 0 Å². The van der Waals surface area contributed by atoms with Crippen molar-refractivity contribution in [3.8, 4) is 0 Å². The second kappa shape index (κ2) is 6.26. The van der Waals surface area contributed by atoms with Crippen LogP contribution >= 0.6 is 0 Å². The van der Waals surface area contributed by atoms with E-state index in [1.807, 2.05) is 14.1 Å². The van der Waals surface area contributed by atoms with Gasteiger partial charge in [0.25, 0.3) is 0 Å². The lowest BCUT2D eigenvalue weighted by molar-refractivity contribution is 0.136. The van der Waals surface area contributed by atoms with E-state index in [-0.39, 0.29) is 0 Å². The van der Waals surface area contributed by atoms with Crippen LogP contribution in [0.3, 0.4) is 0 Å². The van der Waals surface area contributed by atoms with Gasteiger partial charge < -0.3 is 9.74 Å². The average molecular weight is 143 g/mol. The van der Waals surface area contributed by atoms with Gasteiger partial charge in [0.1, 0.15) is 12.6 Å². The first-order valence-corrected chi connectivity index (χ1v) is 3.16. The highest BCUT2D eigenvalue weighted by molar-refractivity contribution is 5.34. The van der Waals surface area contributed by atoms with E-state index >= 15 is 0 Å². The van der Waals surface area contributed by atoms with E-state index in [0.29, 0.717) is 6.61 Å². The Morgan fingerprint density at radius 2 is 2.30 bits per heavy atom. The molecule has 4 nitrogen and oxygen atoms in total. The highest BCUT2D eigenvalue weighted by Crippen LogP contribution is 1.84. The van der Waals surface area contributed by atoms with Crippen molar-refractivity contribution in [3.05, 3.63) is 0 Å². The van der Waals surface area contributed by atoms with Gasteiger partial charge in [-0.05, 0) is 25.7 Å². The van der Waals surface area contributed by atoms with Crippen molar-refractivity contribution in [1.29, 1.82) is 5.41 Å². The molecule has 0 saturated heterocycles. The first kappa shape index (κ1) is 9.14. The van der Waals surface area contributed by atoms with Crippen molar-refractivity contribution < 1.29 is 4.84 Å². The van der Waals surface area contributed by atoms with Gasteiger partial charge in [-0.3, -0.25) is 0 Å². The largest absolute Gasteiger partial charge is 0.387 e. The summed E-state index contributed by atoms with van der Waals surface area (Å²) in [6.07, 6.45) is 0.929. The molecule has 0 aliphatic rings. The van der Waals surface area contributed by atoms with E-state index in [4.69, 9.17) is 5.41 Å². The quantitative estimate of drug-likeness (QED) is 0.348. The predicted octanol–water partition coefficient (Wildman–Crippen LogP) is 0.622. The van der Waals surface area contributed by atoms with Crippen molar-refractivity contribution in [2.75, 3.05) is 27.2 Å². The molecule has 0 aromatic rings. The third kappa shape index (κ3) is 7.14. The molecule has 58 valence electrons. The first-order valence-electron chi connectivity index (χ1n) is 3.16. The van der Waals surface area contributed by atoms with Gasteiger partial charge in [-0.2, -0.15) is 0 Å². The zero-order valence-corrected chi connectivity index (χ0v) is 6.42. The van der Waals surface area contributed by atoms with Gasteiger partial charge in [0.05, 0.1) is 0 Å². The molecule has 0 atom stereocenters. The maximum Gasteiger partial charge on any atom is 0.132 e. The molecule has 0 heterocycles. The minimum atomic E-state index is 0.560. The zero-order valence-electron chi connectivity index (χ0n) is 6.42. The molecule has 0 amide bonds. The lowest BCUT2D eigenvalue weighted by Gasteiger charge is -2.06. The molecule has 0 rings (SSSR count). The lowest BCUT2D eigenvalue weighted by atomic mass is 10.4. The lowest BCUT2D eigenvalue weighted by Crippen LogP contribution is -2.14. The molecule has 0 bridgehead atoms. The summed E-state index contributed by atoms with van der Waals surface area (Å²) in [7, 11) is 4.00. The standard InChI is InChI=1S/C6H13N3O/c1-9(2)4-3-5-10-8-6-7/h7H,3-5H2,1-2H3. The molecule has 10 heavy (non-hydrogen) atoms. The molecule has 0 saturated carbocycles. The maximum atomic E-state index is 6.37. The summed E-state index contributed by atoms with van der Waals surface area (Å²) in [6, 6.07) is 1.79. The van der Waals surface area contributed by atoms with E-state index in [1.165, 1.54) is 0 Å². The number of nitrogens with zero attached hydrogens (tertiary/aromatic N) is 2. The Hall–Kier alpha value is -0.860. The van der Waals surface area contributed by atoms with E-state index < -0.39 is 0 Å². The van der Waals surface area contributed by atoms with Gasteiger partial charge in [-0.25, -0.2) is 5.41 Å². The smallest absolute Gasteiger partial charge is 0.132 e. The van der Waals surface area contributed by atoms with Crippen LogP contribution in [-0.4, -0.2) is 38.2 Å².